The van der Waals surface area contributed by atoms with Gasteiger partial charge in [-0.3, -0.25) is 4.79 Å². The maximum Gasteiger partial charge on any atom is 0.319 e. The first-order valence-electron chi connectivity index (χ1n) is 18.5. The van der Waals surface area contributed by atoms with E-state index in [1.54, 1.807) is 0 Å². The van der Waals surface area contributed by atoms with E-state index in [9.17, 15) is 4.79 Å². The third-order valence-corrected chi connectivity index (χ3v) is 20.2. The first kappa shape index (κ1) is 37.5. The Morgan fingerprint density at radius 2 is 1.00 bits per heavy atom. The average molecular weight is 729 g/mol. The fourth-order valence-corrected chi connectivity index (χ4v) is 16.6. The van der Waals surface area contributed by atoms with Gasteiger partial charge < -0.3 is 18.3 Å². The van der Waals surface area contributed by atoms with Crippen LogP contribution >= 0.6 is 0 Å². The van der Waals surface area contributed by atoms with Crippen LogP contribution in [-0.4, -0.2) is 35.8 Å². The largest absolute Gasteiger partial charge is 0.534 e. The van der Waals surface area contributed by atoms with Crippen molar-refractivity contribution < 1.29 is 23.1 Å². The Kier molecular flexibility index (Phi) is 11.4. The minimum atomic E-state index is -3.07. The van der Waals surface area contributed by atoms with Crippen molar-refractivity contribution >= 4 is 43.7 Å². The molecule has 0 N–H and O–H groups in total. The molecule has 52 heavy (non-hydrogen) atoms. The van der Waals surface area contributed by atoms with Gasteiger partial charge in [0.25, 0.3) is 0 Å². The normalized spacial score (nSPS) is 15.5. The van der Waals surface area contributed by atoms with Gasteiger partial charge >= 0.3 is 16.6 Å². The van der Waals surface area contributed by atoms with Crippen LogP contribution in [0.3, 0.4) is 0 Å². The van der Waals surface area contributed by atoms with Crippen LogP contribution in [-0.2, 0) is 16.1 Å². The second kappa shape index (κ2) is 15.8. The van der Waals surface area contributed by atoms with Crippen LogP contribution in [0.4, 0.5) is 0 Å². The minimum Gasteiger partial charge on any atom is -0.534 e. The van der Waals surface area contributed by atoms with E-state index in [0.29, 0.717) is 29.2 Å². The van der Waals surface area contributed by atoms with E-state index in [1.807, 2.05) is 36.4 Å². The number of carbonyl (C=O) groups excluding carboxylic acids is 1. The van der Waals surface area contributed by atoms with Crippen LogP contribution in [0, 0.1) is 0 Å². The standard InChI is InChI=1S/C45H52O5Si2/c1-44(2,3)51(35-21-11-7-12-22-35,36-23-13-8-14-24-36)49-41-30-31-42(40(39(41)33-46)34-48-43-29-19-20-32-47-43)50-52(45(4,5)6,37-25-15-9-16-26-37)38-27-17-10-18-28-38/h7-18,21-28,30-31,33,43H,19-20,29,32,34H2,1-6H3. The summed E-state index contributed by atoms with van der Waals surface area (Å²) < 4.78 is 27.6. The first-order chi connectivity index (χ1) is 25.0. The van der Waals surface area contributed by atoms with Crippen molar-refractivity contribution in [2.45, 2.75) is 83.8 Å². The molecule has 5 aromatic carbocycles. The van der Waals surface area contributed by atoms with Gasteiger partial charge in [-0.25, -0.2) is 0 Å². The summed E-state index contributed by atoms with van der Waals surface area (Å²) in [7, 11) is -6.13. The monoisotopic (exact) mass is 728 g/mol. The van der Waals surface area contributed by atoms with Gasteiger partial charge in [0.05, 0.1) is 12.2 Å². The maximum absolute atomic E-state index is 13.6. The van der Waals surface area contributed by atoms with Gasteiger partial charge in [-0.2, -0.15) is 0 Å². The zero-order valence-electron chi connectivity index (χ0n) is 31.4. The number of hydrogen-bond donors (Lipinski definition) is 0. The number of aldehydes is 1. The minimum absolute atomic E-state index is 0.143. The molecule has 1 heterocycles. The fraction of sp³-hybridized carbons (Fsp3) is 0.311. The van der Waals surface area contributed by atoms with Gasteiger partial charge in [-0.15, -0.1) is 0 Å². The first-order valence-corrected chi connectivity index (χ1v) is 22.3. The fourth-order valence-electron chi connectivity index (χ4n) is 7.73. The second-order valence-electron chi connectivity index (χ2n) is 15.7. The molecule has 0 amide bonds. The Bertz CT molecular complexity index is 1820. The highest BCUT2D eigenvalue weighted by Crippen LogP contribution is 2.43. The maximum atomic E-state index is 13.6. The molecule has 1 unspecified atom stereocenters. The van der Waals surface area contributed by atoms with Crippen LogP contribution in [0.25, 0.3) is 0 Å². The summed E-state index contributed by atoms with van der Waals surface area (Å²) in [4.78, 5) is 13.6. The third kappa shape index (κ3) is 7.33. The van der Waals surface area contributed by atoms with Gasteiger partial charge in [-0.05, 0) is 62.2 Å². The molecule has 5 nitrogen and oxygen atoms in total. The Balaban J connectivity index is 1.57. The van der Waals surface area contributed by atoms with Gasteiger partial charge in [-0.1, -0.05) is 163 Å². The quantitative estimate of drug-likeness (QED) is 0.0955. The van der Waals surface area contributed by atoms with Crippen LogP contribution in [0.2, 0.25) is 10.1 Å². The molecule has 7 heteroatoms. The number of carbonyl (C=O) groups is 1. The molecule has 1 saturated heterocycles. The van der Waals surface area contributed by atoms with Gasteiger partial charge in [0.15, 0.2) is 12.6 Å². The number of hydrogen-bond acceptors (Lipinski definition) is 5. The predicted molar refractivity (Wildman–Crippen MR) is 217 cm³/mol. The number of benzene rings is 5. The Hall–Kier alpha value is -4.28. The van der Waals surface area contributed by atoms with E-state index in [4.69, 9.17) is 18.3 Å². The summed E-state index contributed by atoms with van der Waals surface area (Å²) in [5.74, 6) is 1.16. The van der Waals surface area contributed by atoms with Crippen molar-refractivity contribution in [2.24, 2.45) is 0 Å². The van der Waals surface area contributed by atoms with Crippen molar-refractivity contribution in [1.29, 1.82) is 0 Å². The molecule has 0 spiro atoms. The van der Waals surface area contributed by atoms with E-state index in [1.165, 1.54) is 0 Å². The van der Waals surface area contributed by atoms with Gasteiger partial charge in [0.2, 0.25) is 0 Å². The van der Waals surface area contributed by atoms with Crippen molar-refractivity contribution in [1.82, 2.24) is 0 Å². The average Bonchev–Trinajstić information content (AvgIpc) is 3.16. The summed E-state index contributed by atoms with van der Waals surface area (Å²) in [5.41, 5.74) is 1.12. The summed E-state index contributed by atoms with van der Waals surface area (Å²) in [6.45, 7) is 14.3. The number of ether oxygens (including phenoxy) is 2. The van der Waals surface area contributed by atoms with Crippen LogP contribution in [0.1, 0.15) is 76.7 Å². The van der Waals surface area contributed by atoms with E-state index in [-0.39, 0.29) is 23.0 Å². The highest BCUT2D eigenvalue weighted by atomic mass is 28.4. The van der Waals surface area contributed by atoms with Crippen molar-refractivity contribution in [3.05, 3.63) is 145 Å². The van der Waals surface area contributed by atoms with Crippen LogP contribution < -0.4 is 29.6 Å². The molecule has 0 aromatic heterocycles. The summed E-state index contributed by atoms with van der Waals surface area (Å²) in [6, 6.07) is 46.1. The SMILES string of the molecule is CC(C)(C)[Si](Oc1ccc(O[Si](c2ccccc2)(c2ccccc2)C(C)(C)C)c(COC2CCCCO2)c1C=O)(c1ccccc1)c1ccccc1. The molecule has 6 rings (SSSR count). The second-order valence-corrected chi connectivity index (χ2v) is 24.2. The molecule has 5 aromatic rings. The lowest BCUT2D eigenvalue weighted by molar-refractivity contribution is -0.169. The molecule has 0 aliphatic carbocycles. The van der Waals surface area contributed by atoms with E-state index in [2.05, 4.69) is 139 Å². The molecule has 1 aliphatic rings. The molecule has 1 aliphatic heterocycles. The third-order valence-electron chi connectivity index (χ3n) is 10.3. The predicted octanol–water partition coefficient (Wildman–Crippen LogP) is 8.42. The summed E-state index contributed by atoms with van der Waals surface area (Å²) in [5, 5.41) is 3.98. The van der Waals surface area contributed by atoms with Crippen molar-refractivity contribution in [2.75, 3.05) is 6.61 Å². The van der Waals surface area contributed by atoms with E-state index >= 15 is 0 Å². The number of rotatable bonds is 12. The topological polar surface area (TPSA) is 54.0 Å². The molecule has 1 fully saturated rings. The molecular formula is C45H52O5Si2. The molecule has 270 valence electrons. The molecule has 0 radical (unpaired) electrons. The summed E-state index contributed by atoms with van der Waals surface area (Å²) in [6.07, 6.45) is 3.43. The van der Waals surface area contributed by atoms with E-state index in [0.717, 1.165) is 46.3 Å². The van der Waals surface area contributed by atoms with Crippen molar-refractivity contribution in [3.8, 4) is 11.5 Å². The Morgan fingerprint density at radius 1 is 0.596 bits per heavy atom. The molecule has 0 saturated carbocycles. The van der Waals surface area contributed by atoms with Gasteiger partial charge in [0, 0.05) is 12.2 Å². The Morgan fingerprint density at radius 3 is 1.37 bits per heavy atom. The lowest BCUT2D eigenvalue weighted by Crippen LogP contribution is -2.69. The van der Waals surface area contributed by atoms with E-state index < -0.39 is 16.6 Å². The highest BCUT2D eigenvalue weighted by molar-refractivity contribution is 7.00. The zero-order chi connectivity index (χ0) is 36.8. The van der Waals surface area contributed by atoms with Crippen LogP contribution in [0.5, 0.6) is 11.5 Å². The van der Waals surface area contributed by atoms with Gasteiger partial charge in [0.1, 0.15) is 11.5 Å². The lowest BCUT2D eigenvalue weighted by atomic mass is 10.1. The smallest absolute Gasteiger partial charge is 0.319 e. The Labute approximate surface area is 312 Å². The zero-order valence-corrected chi connectivity index (χ0v) is 33.4. The molecular weight excluding hydrogens is 677 g/mol. The van der Waals surface area contributed by atoms with Crippen LogP contribution in [0.15, 0.2) is 133 Å². The molecule has 1 atom stereocenters. The van der Waals surface area contributed by atoms with Crippen molar-refractivity contribution in [3.63, 3.8) is 0 Å². The highest BCUT2D eigenvalue weighted by Gasteiger charge is 2.54. The molecule has 0 bridgehead atoms. The summed E-state index contributed by atoms with van der Waals surface area (Å²) >= 11 is 0. The lowest BCUT2D eigenvalue weighted by Gasteiger charge is -2.44.